The minimum Gasteiger partial charge on any atom is -0.373 e. The summed E-state index contributed by atoms with van der Waals surface area (Å²) in [6.07, 6.45) is 0. The van der Waals surface area contributed by atoms with Crippen molar-refractivity contribution in [3.05, 3.63) is 67.8 Å². The quantitative estimate of drug-likeness (QED) is 0.248. The summed E-state index contributed by atoms with van der Waals surface area (Å²) >= 11 is 0. The molecule has 1 aromatic carbocycles. The van der Waals surface area contributed by atoms with E-state index in [2.05, 4.69) is 0 Å². The molecule has 0 aliphatic heterocycles. The van der Waals surface area contributed by atoms with Crippen molar-refractivity contribution in [2.24, 2.45) is 0 Å². The molecule has 0 aliphatic carbocycles. The molecule has 0 spiro atoms. The first-order chi connectivity index (χ1) is 7.13. The summed E-state index contributed by atoms with van der Waals surface area (Å²) in [6, 6.07) is 9.23. The number of carbonyl (C=O) groups excluding carboxylic acids is 1. The maximum atomic E-state index is 10.6. The van der Waals surface area contributed by atoms with Crippen LogP contribution in [-0.2, 0) is 19.5 Å². The van der Waals surface area contributed by atoms with Crippen molar-refractivity contribution >= 4 is 5.78 Å². The van der Waals surface area contributed by atoms with Crippen LogP contribution in [0.1, 0.15) is 17.3 Å². The van der Waals surface area contributed by atoms with Crippen LogP contribution in [0.4, 0.5) is 0 Å². The predicted molar refractivity (Wildman–Crippen MR) is 56.6 cm³/mol. The Morgan fingerprint density at radius 2 is 1.31 bits per heavy atom. The topological polar surface area (TPSA) is 134 Å². The third-order valence-electron chi connectivity index (χ3n) is 1.18. The third kappa shape index (κ3) is 14.6. The number of ketones is 1. The second kappa shape index (κ2) is 15.6. The molecule has 1 rings (SSSR count). The van der Waals surface area contributed by atoms with Crippen molar-refractivity contribution in [3.8, 4) is 0 Å². The van der Waals surface area contributed by atoms with Crippen LogP contribution < -0.4 is 0 Å². The fourth-order valence-corrected chi connectivity index (χ4v) is 0.673. The normalized spacial score (nSPS) is 6.06. The van der Waals surface area contributed by atoms with Crippen LogP contribution in [0.3, 0.4) is 0 Å². The summed E-state index contributed by atoms with van der Waals surface area (Å²) in [7, 11) is 0. The summed E-state index contributed by atoms with van der Waals surface area (Å²) in [5, 5.41) is 0. The minimum atomic E-state index is 0. The van der Waals surface area contributed by atoms with Gasteiger partial charge in [0.25, 0.3) is 0 Å². The van der Waals surface area contributed by atoms with Gasteiger partial charge in [-0.1, -0.05) is 30.3 Å². The molecule has 0 bridgehead atoms. The molecule has 0 N–H and O–H groups in total. The van der Waals surface area contributed by atoms with Crippen molar-refractivity contribution in [1.82, 2.24) is 0 Å². The maximum absolute atomic E-state index is 10.6. The van der Waals surface area contributed by atoms with E-state index in [1.54, 1.807) is 6.92 Å². The van der Waals surface area contributed by atoms with Crippen LogP contribution in [0, 0.1) is 0 Å². The largest absolute Gasteiger partial charge is 2.00 e. The Hall–Kier alpha value is -1.87. The summed E-state index contributed by atoms with van der Waals surface area (Å²) in [6.45, 7) is 1.56. The van der Waals surface area contributed by atoms with Gasteiger partial charge >= 0.3 is 19.5 Å². The molecular weight excluding hydrogens is 262 g/mol. The molecule has 16 heavy (non-hydrogen) atoms. The zero-order chi connectivity index (χ0) is 12.1. The van der Waals surface area contributed by atoms with E-state index < -0.39 is 0 Å². The molecule has 0 saturated carbocycles. The van der Waals surface area contributed by atoms with Gasteiger partial charge in [-0.15, -0.1) is 0 Å². The molecule has 0 atom stereocenters. The standard InChI is InChI=1S/C8H8O.2N3.Zn/c1-7(9)8-5-3-2-4-6-8;2*1-3-2;/h2-6H,1H3;;;/q;2*-1;+2. The zero-order valence-electron chi connectivity index (χ0n) is 8.69. The second-order valence-electron chi connectivity index (χ2n) is 2.10. The average Bonchev–Trinajstić information content (AvgIpc) is 2.21. The molecule has 0 aromatic heterocycles. The molecule has 0 heterocycles. The summed E-state index contributed by atoms with van der Waals surface area (Å²) in [4.78, 5) is 13.6. The van der Waals surface area contributed by atoms with Crippen LogP contribution in [0.25, 0.3) is 31.9 Å². The Labute approximate surface area is 105 Å². The molecule has 0 aliphatic rings. The van der Waals surface area contributed by atoms with E-state index in [1.165, 1.54) is 9.82 Å². The Kier molecular flexibility index (Phi) is 19.2. The fraction of sp³-hybridized carbons (Fsp3) is 0.125. The fourth-order valence-electron chi connectivity index (χ4n) is 0.673. The van der Waals surface area contributed by atoms with Gasteiger partial charge in [-0.2, -0.15) is 0 Å². The summed E-state index contributed by atoms with van der Waals surface area (Å²) in [5.74, 6) is 0.121. The third-order valence-corrected chi connectivity index (χ3v) is 1.18. The smallest absolute Gasteiger partial charge is 0.373 e. The SMILES string of the molecule is CC(=O)c1ccccc1.[N-]=[N+]=[N-].[N-]=[N+]=[N-].[Zn+2]. The van der Waals surface area contributed by atoms with Crippen molar-refractivity contribution < 1.29 is 24.3 Å². The molecule has 1 aromatic rings. The number of carbonyl (C=O) groups is 1. The first kappa shape index (κ1) is 19.7. The first-order valence-corrected chi connectivity index (χ1v) is 3.66. The number of Topliss-reactive ketones (excluding diaryl/α,β-unsaturated/α-hetero) is 1. The van der Waals surface area contributed by atoms with Crippen LogP contribution in [0.2, 0.25) is 0 Å². The minimum absolute atomic E-state index is 0. The molecule has 0 fully saturated rings. The molecule has 0 saturated heterocycles. The molecular formula is C8H8N6OZn. The first-order valence-electron chi connectivity index (χ1n) is 3.66. The Morgan fingerprint density at radius 3 is 1.50 bits per heavy atom. The van der Waals surface area contributed by atoms with Gasteiger partial charge in [-0.3, -0.25) is 14.6 Å². The van der Waals surface area contributed by atoms with Crippen molar-refractivity contribution in [3.63, 3.8) is 0 Å². The van der Waals surface area contributed by atoms with Crippen LogP contribution in [0.15, 0.2) is 30.3 Å². The number of hydrogen-bond acceptors (Lipinski definition) is 1. The van der Waals surface area contributed by atoms with E-state index in [-0.39, 0.29) is 25.3 Å². The van der Waals surface area contributed by atoms with Crippen LogP contribution >= 0.6 is 0 Å². The molecule has 0 unspecified atom stereocenters. The molecule has 8 heteroatoms. The van der Waals surface area contributed by atoms with E-state index in [0.29, 0.717) is 0 Å². The van der Waals surface area contributed by atoms with Gasteiger partial charge in [0.05, 0.1) is 0 Å². The molecule has 0 radical (unpaired) electrons. The van der Waals surface area contributed by atoms with Crippen molar-refractivity contribution in [1.29, 1.82) is 0 Å². The van der Waals surface area contributed by atoms with Gasteiger partial charge in [0.15, 0.2) is 5.78 Å². The number of hydrogen-bond donors (Lipinski definition) is 0. The molecule has 78 valence electrons. The van der Waals surface area contributed by atoms with Gasteiger partial charge in [0, 0.05) is 5.56 Å². The monoisotopic (exact) mass is 268 g/mol. The Morgan fingerprint density at radius 1 is 1.00 bits per heavy atom. The van der Waals surface area contributed by atoms with Crippen LogP contribution in [-0.4, -0.2) is 5.78 Å². The van der Waals surface area contributed by atoms with Gasteiger partial charge in [0.2, 0.25) is 0 Å². The molecule has 0 amide bonds. The number of rotatable bonds is 1. The summed E-state index contributed by atoms with van der Waals surface area (Å²) < 4.78 is 0. The van der Waals surface area contributed by atoms with Gasteiger partial charge in [0.1, 0.15) is 0 Å². The zero-order valence-corrected chi connectivity index (χ0v) is 11.7. The van der Waals surface area contributed by atoms with Crippen molar-refractivity contribution in [2.45, 2.75) is 6.92 Å². The predicted octanol–water partition coefficient (Wildman–Crippen LogP) is 3.62. The molecule has 7 nitrogen and oxygen atoms in total. The van der Waals surface area contributed by atoms with Crippen molar-refractivity contribution in [2.75, 3.05) is 0 Å². The number of benzene rings is 1. The van der Waals surface area contributed by atoms with E-state index in [1.807, 2.05) is 30.3 Å². The van der Waals surface area contributed by atoms with Gasteiger partial charge in [-0.05, 0) is 6.92 Å². The second-order valence-corrected chi connectivity index (χ2v) is 2.10. The van der Waals surface area contributed by atoms with E-state index >= 15 is 0 Å². The van der Waals surface area contributed by atoms with Crippen LogP contribution in [0.5, 0.6) is 0 Å². The van der Waals surface area contributed by atoms with Gasteiger partial charge in [-0.25, -0.2) is 0 Å². The number of nitrogens with zero attached hydrogens (tertiary/aromatic N) is 6. The average molecular weight is 270 g/mol. The van der Waals surface area contributed by atoms with E-state index in [4.69, 9.17) is 22.1 Å². The Bertz CT molecular complexity index is 342. The Balaban J connectivity index is -0.000000207. The van der Waals surface area contributed by atoms with E-state index in [9.17, 15) is 4.79 Å². The maximum Gasteiger partial charge on any atom is 2.00 e. The summed E-state index contributed by atoms with van der Waals surface area (Å²) in [5.41, 5.74) is 27.8. The van der Waals surface area contributed by atoms with E-state index in [0.717, 1.165) is 5.56 Å². The van der Waals surface area contributed by atoms with Gasteiger partial charge < -0.3 is 22.1 Å².